The molecular weight excluding hydrogens is 268 g/mol. The number of nitrogens with one attached hydrogen (secondary N) is 1. The van der Waals surface area contributed by atoms with E-state index in [-0.39, 0.29) is 12.5 Å². The number of aromatic nitrogens is 2. The molecule has 9 nitrogen and oxygen atoms in total. The maximum atomic E-state index is 11.6. The van der Waals surface area contributed by atoms with Gasteiger partial charge in [-0.2, -0.15) is 5.10 Å². The number of rotatable bonds is 7. The van der Waals surface area contributed by atoms with Crippen LogP contribution >= 0.6 is 0 Å². The van der Waals surface area contributed by atoms with Crippen LogP contribution in [0.25, 0.3) is 0 Å². The Kier molecular flexibility index (Phi) is 5.18. The first-order valence-corrected chi connectivity index (χ1v) is 6.03. The van der Waals surface area contributed by atoms with Crippen LogP contribution in [0.4, 0.5) is 5.69 Å². The number of carboxylic acid groups (broad SMARTS) is 1. The fourth-order valence-corrected chi connectivity index (χ4v) is 1.48. The highest BCUT2D eigenvalue weighted by Crippen LogP contribution is 2.16. The van der Waals surface area contributed by atoms with Crippen molar-refractivity contribution in [3.63, 3.8) is 0 Å². The van der Waals surface area contributed by atoms with Gasteiger partial charge in [-0.3, -0.25) is 19.6 Å². The predicted octanol–water partition coefficient (Wildman–Crippen LogP) is 0.652. The lowest BCUT2D eigenvalue weighted by Gasteiger charge is -2.06. The van der Waals surface area contributed by atoms with Gasteiger partial charge in [-0.25, -0.2) is 4.79 Å². The molecular formula is C11H16N4O5. The van der Waals surface area contributed by atoms with Crippen molar-refractivity contribution in [2.75, 3.05) is 6.54 Å². The number of hydrogen-bond donors (Lipinski definition) is 2. The molecule has 0 saturated carbocycles. The Hall–Kier alpha value is -2.45. The average Bonchev–Trinajstić information content (AvgIpc) is 2.72. The first-order valence-electron chi connectivity index (χ1n) is 6.03. The SMILES string of the molecule is CC(C)CCNC(=O)Cn1cc([N+](=O)[O-])c(C(=O)O)n1. The molecule has 1 heterocycles. The van der Waals surface area contributed by atoms with Crippen molar-refractivity contribution < 1.29 is 19.6 Å². The summed E-state index contributed by atoms with van der Waals surface area (Å²) in [4.78, 5) is 32.2. The zero-order valence-electron chi connectivity index (χ0n) is 11.2. The number of amides is 1. The van der Waals surface area contributed by atoms with Crippen LogP contribution in [0.1, 0.15) is 30.8 Å². The van der Waals surface area contributed by atoms with Crippen molar-refractivity contribution in [1.82, 2.24) is 15.1 Å². The zero-order valence-corrected chi connectivity index (χ0v) is 11.2. The van der Waals surface area contributed by atoms with Crippen LogP contribution < -0.4 is 5.32 Å². The molecule has 2 N–H and O–H groups in total. The highest BCUT2D eigenvalue weighted by molar-refractivity contribution is 5.90. The Bertz CT molecular complexity index is 491. The molecule has 0 fully saturated rings. The smallest absolute Gasteiger partial charge is 0.363 e. The minimum atomic E-state index is -1.50. The van der Waals surface area contributed by atoms with Gasteiger partial charge in [0.05, 0.1) is 4.92 Å². The van der Waals surface area contributed by atoms with Crippen molar-refractivity contribution in [3.8, 4) is 0 Å². The lowest BCUT2D eigenvalue weighted by Crippen LogP contribution is -2.29. The average molecular weight is 284 g/mol. The largest absolute Gasteiger partial charge is 0.476 e. The van der Waals surface area contributed by atoms with Crippen LogP contribution in [0.3, 0.4) is 0 Å². The Morgan fingerprint density at radius 1 is 1.55 bits per heavy atom. The molecule has 0 atom stereocenters. The van der Waals surface area contributed by atoms with E-state index in [0.717, 1.165) is 17.3 Å². The van der Waals surface area contributed by atoms with Crippen LogP contribution in [0, 0.1) is 16.0 Å². The van der Waals surface area contributed by atoms with Crippen LogP contribution in [0.2, 0.25) is 0 Å². The first-order chi connectivity index (χ1) is 9.31. The van der Waals surface area contributed by atoms with E-state index in [0.29, 0.717) is 12.5 Å². The molecule has 0 aliphatic carbocycles. The Balaban J connectivity index is 2.68. The highest BCUT2D eigenvalue weighted by Gasteiger charge is 2.25. The minimum absolute atomic E-state index is 0.258. The van der Waals surface area contributed by atoms with E-state index in [4.69, 9.17) is 5.11 Å². The third kappa shape index (κ3) is 4.34. The predicted molar refractivity (Wildman–Crippen MR) is 68.3 cm³/mol. The maximum Gasteiger partial charge on any atom is 0.363 e. The normalized spacial score (nSPS) is 10.6. The molecule has 9 heteroatoms. The van der Waals surface area contributed by atoms with Crippen molar-refractivity contribution in [2.24, 2.45) is 5.92 Å². The van der Waals surface area contributed by atoms with Gasteiger partial charge in [-0.05, 0) is 12.3 Å². The number of carbonyl (C=O) groups is 2. The van der Waals surface area contributed by atoms with Crippen LogP contribution in [-0.2, 0) is 11.3 Å². The van der Waals surface area contributed by atoms with Gasteiger partial charge >= 0.3 is 11.7 Å². The lowest BCUT2D eigenvalue weighted by atomic mass is 10.1. The number of aromatic carboxylic acids is 1. The van der Waals surface area contributed by atoms with Gasteiger partial charge in [0.1, 0.15) is 12.7 Å². The summed E-state index contributed by atoms with van der Waals surface area (Å²) in [6.07, 6.45) is 1.75. The molecule has 0 radical (unpaired) electrons. The Labute approximate surface area is 114 Å². The Morgan fingerprint density at radius 3 is 2.65 bits per heavy atom. The molecule has 0 aromatic carbocycles. The molecule has 110 valence electrons. The van der Waals surface area contributed by atoms with E-state index in [1.807, 2.05) is 13.8 Å². The number of carboxylic acids is 1. The molecule has 0 saturated heterocycles. The highest BCUT2D eigenvalue weighted by atomic mass is 16.6. The summed E-state index contributed by atoms with van der Waals surface area (Å²) in [5, 5.41) is 25.6. The van der Waals surface area contributed by atoms with E-state index in [2.05, 4.69) is 10.4 Å². The second kappa shape index (κ2) is 6.64. The molecule has 1 rings (SSSR count). The summed E-state index contributed by atoms with van der Waals surface area (Å²) in [5.74, 6) is -1.43. The van der Waals surface area contributed by atoms with E-state index in [9.17, 15) is 19.7 Å². The van der Waals surface area contributed by atoms with Gasteiger partial charge < -0.3 is 10.4 Å². The van der Waals surface area contributed by atoms with Gasteiger partial charge in [-0.15, -0.1) is 0 Å². The van der Waals surface area contributed by atoms with E-state index >= 15 is 0 Å². The number of hydrogen-bond acceptors (Lipinski definition) is 5. The third-order valence-corrected chi connectivity index (χ3v) is 2.49. The molecule has 0 aliphatic rings. The quantitative estimate of drug-likeness (QED) is 0.559. The molecule has 0 bridgehead atoms. The van der Waals surface area contributed by atoms with Crippen LogP contribution in [-0.4, -0.2) is 38.2 Å². The number of carbonyl (C=O) groups excluding carboxylic acids is 1. The van der Waals surface area contributed by atoms with Gasteiger partial charge in [0, 0.05) is 6.54 Å². The van der Waals surface area contributed by atoms with E-state index < -0.39 is 22.3 Å². The number of nitro groups is 1. The summed E-state index contributed by atoms with van der Waals surface area (Å²) >= 11 is 0. The van der Waals surface area contributed by atoms with Gasteiger partial charge in [0.25, 0.3) is 0 Å². The van der Waals surface area contributed by atoms with Crippen molar-refractivity contribution in [3.05, 3.63) is 22.0 Å². The molecule has 0 spiro atoms. The van der Waals surface area contributed by atoms with Crippen LogP contribution in [0.5, 0.6) is 0 Å². The molecule has 1 aromatic rings. The standard InChI is InChI=1S/C11H16N4O5/c1-7(2)3-4-12-9(16)6-14-5-8(15(19)20)10(13-14)11(17)18/h5,7H,3-4,6H2,1-2H3,(H,12,16)(H,17,18). The fraction of sp³-hybridized carbons (Fsp3) is 0.545. The summed E-state index contributed by atoms with van der Waals surface area (Å²) in [6, 6.07) is 0. The Morgan fingerprint density at radius 2 is 2.20 bits per heavy atom. The zero-order chi connectivity index (χ0) is 15.3. The van der Waals surface area contributed by atoms with Gasteiger partial charge in [0.2, 0.25) is 11.6 Å². The second-order valence-electron chi connectivity index (χ2n) is 4.66. The summed E-state index contributed by atoms with van der Waals surface area (Å²) in [7, 11) is 0. The lowest BCUT2D eigenvalue weighted by molar-refractivity contribution is -0.385. The van der Waals surface area contributed by atoms with Crippen molar-refractivity contribution >= 4 is 17.6 Å². The van der Waals surface area contributed by atoms with Gasteiger partial charge in [0.15, 0.2) is 0 Å². The molecule has 1 aromatic heterocycles. The number of nitrogens with zero attached hydrogens (tertiary/aromatic N) is 3. The van der Waals surface area contributed by atoms with Crippen molar-refractivity contribution in [2.45, 2.75) is 26.8 Å². The van der Waals surface area contributed by atoms with Crippen molar-refractivity contribution in [1.29, 1.82) is 0 Å². The maximum absolute atomic E-state index is 11.6. The minimum Gasteiger partial charge on any atom is -0.476 e. The monoisotopic (exact) mass is 284 g/mol. The topological polar surface area (TPSA) is 127 Å². The summed E-state index contributed by atoms with van der Waals surface area (Å²) in [5.41, 5.74) is -1.31. The third-order valence-electron chi connectivity index (χ3n) is 2.49. The van der Waals surface area contributed by atoms with E-state index in [1.54, 1.807) is 0 Å². The first kappa shape index (κ1) is 15.6. The fourth-order valence-electron chi connectivity index (χ4n) is 1.48. The molecule has 1 amide bonds. The summed E-state index contributed by atoms with van der Waals surface area (Å²) in [6.45, 7) is 4.27. The molecule has 20 heavy (non-hydrogen) atoms. The van der Waals surface area contributed by atoms with Gasteiger partial charge in [-0.1, -0.05) is 13.8 Å². The second-order valence-corrected chi connectivity index (χ2v) is 4.66. The summed E-state index contributed by atoms with van der Waals surface area (Å²) < 4.78 is 0.951. The molecule has 0 unspecified atom stereocenters. The van der Waals surface area contributed by atoms with E-state index in [1.165, 1.54) is 0 Å². The van der Waals surface area contributed by atoms with Crippen LogP contribution in [0.15, 0.2) is 6.20 Å². The molecule has 0 aliphatic heterocycles.